The highest BCUT2D eigenvalue weighted by Crippen LogP contribution is 2.08. The first-order chi connectivity index (χ1) is 6.54. The molecule has 6 heteroatoms. The summed E-state index contributed by atoms with van der Waals surface area (Å²) in [6, 6.07) is 5.27. The van der Waals surface area contributed by atoms with E-state index in [1.54, 1.807) is 28.8 Å². The molecule has 14 heavy (non-hydrogen) atoms. The number of aromatic nitrogens is 2. The van der Waals surface area contributed by atoms with Crippen LogP contribution < -0.4 is 0 Å². The van der Waals surface area contributed by atoms with Gasteiger partial charge < -0.3 is 4.40 Å². The van der Waals surface area contributed by atoms with Gasteiger partial charge in [-0.3, -0.25) is 0 Å². The molecule has 0 aromatic carbocycles. The van der Waals surface area contributed by atoms with Gasteiger partial charge in [-0.25, -0.2) is 4.98 Å². The molecular formula is C8H7FN2O2S. The number of hydrogen-bond donors (Lipinski definition) is 0. The van der Waals surface area contributed by atoms with Gasteiger partial charge in [-0.2, -0.15) is 8.42 Å². The van der Waals surface area contributed by atoms with E-state index in [0.717, 1.165) is 0 Å². The maximum absolute atomic E-state index is 12.3. The van der Waals surface area contributed by atoms with Crippen molar-refractivity contribution >= 4 is 15.9 Å². The third-order valence-corrected chi connectivity index (χ3v) is 2.37. The Balaban J connectivity index is 2.46. The number of halogens is 1. The Morgan fingerprint density at radius 3 is 2.86 bits per heavy atom. The Labute approximate surface area is 80.2 Å². The van der Waals surface area contributed by atoms with Gasteiger partial charge in [0, 0.05) is 12.4 Å². The second kappa shape index (κ2) is 3.06. The molecule has 4 nitrogen and oxygen atoms in total. The Bertz CT molecular complexity index is 528. The van der Waals surface area contributed by atoms with Crippen molar-refractivity contribution < 1.29 is 12.3 Å². The number of rotatable bonds is 2. The normalized spacial score (nSPS) is 12.1. The van der Waals surface area contributed by atoms with Gasteiger partial charge in [-0.05, 0) is 12.1 Å². The zero-order chi connectivity index (χ0) is 10.2. The topological polar surface area (TPSA) is 51.4 Å². The predicted molar refractivity (Wildman–Crippen MR) is 48.9 cm³/mol. The van der Waals surface area contributed by atoms with Crippen LogP contribution in [0.2, 0.25) is 0 Å². The lowest BCUT2D eigenvalue weighted by Crippen LogP contribution is -1.95. The number of fused-ring (bicyclic) bond motifs is 1. The van der Waals surface area contributed by atoms with E-state index in [1.807, 2.05) is 0 Å². The largest absolute Gasteiger partial charge is 0.308 e. The molecule has 2 aromatic heterocycles. The summed E-state index contributed by atoms with van der Waals surface area (Å²) in [4.78, 5) is 3.94. The highest BCUT2D eigenvalue weighted by molar-refractivity contribution is 7.85. The van der Waals surface area contributed by atoms with E-state index >= 15 is 0 Å². The summed E-state index contributed by atoms with van der Waals surface area (Å²) >= 11 is 0. The van der Waals surface area contributed by atoms with Gasteiger partial charge in [-0.1, -0.05) is 6.07 Å². The van der Waals surface area contributed by atoms with Crippen molar-refractivity contribution in [1.29, 1.82) is 0 Å². The van der Waals surface area contributed by atoms with Gasteiger partial charge >= 0.3 is 10.2 Å². The minimum absolute atomic E-state index is 0.207. The average molecular weight is 214 g/mol. The van der Waals surface area contributed by atoms with Crippen LogP contribution in [0.5, 0.6) is 0 Å². The van der Waals surface area contributed by atoms with Crippen LogP contribution in [0.15, 0.2) is 30.6 Å². The molecular weight excluding hydrogens is 207 g/mol. The fraction of sp³-hybridized carbons (Fsp3) is 0.125. The van der Waals surface area contributed by atoms with Gasteiger partial charge in [0.2, 0.25) is 0 Å². The lowest BCUT2D eigenvalue weighted by Gasteiger charge is -1.87. The molecule has 0 fully saturated rings. The molecule has 0 radical (unpaired) electrons. The number of nitrogens with zero attached hydrogens (tertiary/aromatic N) is 2. The first kappa shape index (κ1) is 9.14. The molecule has 0 bridgehead atoms. The summed E-state index contributed by atoms with van der Waals surface area (Å²) in [5.74, 6) is -0.672. The summed E-state index contributed by atoms with van der Waals surface area (Å²) in [5.41, 5.74) is 0.810. The van der Waals surface area contributed by atoms with Gasteiger partial charge in [0.25, 0.3) is 0 Å². The van der Waals surface area contributed by atoms with E-state index in [1.165, 1.54) is 6.20 Å². The van der Waals surface area contributed by atoms with Crippen molar-refractivity contribution in [3.8, 4) is 0 Å². The first-order valence-electron chi connectivity index (χ1n) is 3.89. The molecule has 0 saturated heterocycles. The summed E-state index contributed by atoms with van der Waals surface area (Å²) in [6.45, 7) is 0. The monoisotopic (exact) mass is 214 g/mol. The van der Waals surface area contributed by atoms with Crippen molar-refractivity contribution in [1.82, 2.24) is 9.38 Å². The SMILES string of the molecule is O=S(=O)(F)Cc1cn2ccccc2n1. The quantitative estimate of drug-likeness (QED) is 0.704. The van der Waals surface area contributed by atoms with E-state index in [4.69, 9.17) is 0 Å². The molecule has 2 aromatic rings. The standard InChI is InChI=1S/C8H7FN2O2S/c9-14(12,13)6-7-5-11-4-2-1-3-8(11)10-7/h1-5H,6H2. The lowest BCUT2D eigenvalue weighted by molar-refractivity contribution is 0.550. The highest BCUT2D eigenvalue weighted by Gasteiger charge is 2.11. The average Bonchev–Trinajstić information content (AvgIpc) is 2.42. The van der Waals surface area contributed by atoms with E-state index in [-0.39, 0.29) is 5.69 Å². The van der Waals surface area contributed by atoms with Gasteiger partial charge in [0.15, 0.2) is 0 Å². The van der Waals surface area contributed by atoms with Gasteiger partial charge in [-0.15, -0.1) is 3.89 Å². The Morgan fingerprint density at radius 1 is 1.43 bits per heavy atom. The van der Waals surface area contributed by atoms with E-state index in [0.29, 0.717) is 5.65 Å². The molecule has 74 valence electrons. The summed E-state index contributed by atoms with van der Waals surface area (Å²) in [7, 11) is -4.50. The molecule has 0 amide bonds. The van der Waals surface area contributed by atoms with Gasteiger partial charge in [0.1, 0.15) is 11.4 Å². The second-order valence-electron chi connectivity index (χ2n) is 2.88. The van der Waals surface area contributed by atoms with Crippen LogP contribution in [0.3, 0.4) is 0 Å². The first-order valence-corrected chi connectivity index (χ1v) is 5.45. The maximum atomic E-state index is 12.3. The number of pyridine rings is 1. The molecule has 0 aliphatic rings. The van der Waals surface area contributed by atoms with Crippen molar-refractivity contribution in [2.24, 2.45) is 0 Å². The van der Waals surface area contributed by atoms with Gasteiger partial charge in [0.05, 0.1) is 5.69 Å². The van der Waals surface area contributed by atoms with Crippen LogP contribution in [0.25, 0.3) is 5.65 Å². The molecule has 2 heterocycles. The molecule has 0 atom stereocenters. The van der Waals surface area contributed by atoms with Crippen LogP contribution in [-0.4, -0.2) is 17.8 Å². The predicted octanol–water partition coefficient (Wildman–Crippen LogP) is 1.13. The molecule has 0 unspecified atom stereocenters. The van der Waals surface area contributed by atoms with Crippen LogP contribution in [-0.2, 0) is 16.0 Å². The van der Waals surface area contributed by atoms with Crippen LogP contribution in [0, 0.1) is 0 Å². The Morgan fingerprint density at radius 2 is 2.21 bits per heavy atom. The van der Waals surface area contributed by atoms with Crippen LogP contribution in [0.4, 0.5) is 3.89 Å². The fourth-order valence-electron chi connectivity index (χ4n) is 1.23. The minimum atomic E-state index is -4.50. The van der Waals surface area contributed by atoms with E-state index in [2.05, 4.69) is 4.98 Å². The van der Waals surface area contributed by atoms with Crippen molar-refractivity contribution in [2.45, 2.75) is 5.75 Å². The zero-order valence-electron chi connectivity index (χ0n) is 7.09. The third kappa shape index (κ3) is 1.90. The zero-order valence-corrected chi connectivity index (χ0v) is 7.91. The van der Waals surface area contributed by atoms with Crippen molar-refractivity contribution in [3.05, 3.63) is 36.3 Å². The molecule has 0 spiro atoms. The maximum Gasteiger partial charge on any atom is 0.308 e. The van der Waals surface area contributed by atoms with Crippen molar-refractivity contribution in [2.75, 3.05) is 0 Å². The Kier molecular flexibility index (Phi) is 1.99. The molecule has 0 aliphatic carbocycles. The van der Waals surface area contributed by atoms with E-state index in [9.17, 15) is 12.3 Å². The number of imidazole rings is 1. The third-order valence-electron chi connectivity index (χ3n) is 1.73. The fourth-order valence-corrected chi connectivity index (χ4v) is 1.73. The molecule has 0 aliphatic heterocycles. The van der Waals surface area contributed by atoms with Crippen molar-refractivity contribution in [3.63, 3.8) is 0 Å². The second-order valence-corrected chi connectivity index (χ2v) is 4.25. The lowest BCUT2D eigenvalue weighted by atomic mass is 10.5. The summed E-state index contributed by atoms with van der Waals surface area (Å²) in [5, 5.41) is 0. The van der Waals surface area contributed by atoms with E-state index < -0.39 is 16.0 Å². The Hall–Kier alpha value is -1.43. The number of hydrogen-bond acceptors (Lipinski definition) is 3. The smallest absolute Gasteiger partial charge is 0.307 e. The van der Waals surface area contributed by atoms with Crippen LogP contribution in [0.1, 0.15) is 5.69 Å². The summed E-state index contributed by atoms with van der Waals surface area (Å²) in [6.07, 6.45) is 3.21. The minimum Gasteiger partial charge on any atom is -0.307 e. The summed E-state index contributed by atoms with van der Waals surface area (Å²) < 4.78 is 34.7. The molecule has 0 N–H and O–H groups in total. The highest BCUT2D eigenvalue weighted by atomic mass is 32.3. The van der Waals surface area contributed by atoms with Crippen LogP contribution >= 0.6 is 0 Å². The molecule has 2 rings (SSSR count). The molecule has 0 saturated carbocycles.